The number of hydrogen-bond acceptors (Lipinski definition) is 8. The zero-order valence-corrected chi connectivity index (χ0v) is 22.0. The third-order valence-electron chi connectivity index (χ3n) is 8.41. The lowest BCUT2D eigenvalue weighted by molar-refractivity contribution is -0.252. The van der Waals surface area contributed by atoms with Gasteiger partial charge in [-0.3, -0.25) is 4.79 Å². The molecule has 0 radical (unpaired) electrons. The fraction of sp³-hybridized carbons (Fsp3) is 0.464. The van der Waals surface area contributed by atoms with Gasteiger partial charge in [-0.2, -0.15) is 28.7 Å². The van der Waals surface area contributed by atoms with Gasteiger partial charge in [0, 0.05) is 18.2 Å². The van der Waals surface area contributed by atoms with Crippen LogP contribution in [0.2, 0.25) is 0 Å². The number of halogens is 3. The number of aromatic nitrogens is 2. The highest BCUT2D eigenvalue weighted by atomic mass is 19.4. The van der Waals surface area contributed by atoms with Crippen LogP contribution in [0.25, 0.3) is 6.08 Å². The largest absolute Gasteiger partial charge is 0.438 e. The van der Waals surface area contributed by atoms with E-state index >= 15 is 0 Å². The molecular weight excluding hydrogens is 525 g/mol. The Morgan fingerprint density at radius 3 is 2.48 bits per heavy atom. The second kappa shape index (κ2) is 8.42. The van der Waals surface area contributed by atoms with E-state index in [2.05, 4.69) is 21.4 Å². The first-order valence-corrected chi connectivity index (χ1v) is 12.8. The highest BCUT2D eigenvalue weighted by Crippen LogP contribution is 2.68. The number of amides is 1. The van der Waals surface area contributed by atoms with Gasteiger partial charge < -0.3 is 19.7 Å². The number of aryl methyl sites for hydroxylation is 2. The van der Waals surface area contributed by atoms with Crippen LogP contribution >= 0.6 is 0 Å². The molecule has 1 saturated heterocycles. The average molecular weight is 551 g/mol. The lowest BCUT2D eigenvalue weighted by atomic mass is 9.40. The van der Waals surface area contributed by atoms with Gasteiger partial charge in [0.15, 0.2) is 5.72 Å². The van der Waals surface area contributed by atoms with Gasteiger partial charge in [0.1, 0.15) is 11.4 Å². The number of rotatable bonds is 5. The van der Waals surface area contributed by atoms with E-state index in [-0.39, 0.29) is 34.0 Å². The molecule has 3 saturated carbocycles. The topological polar surface area (TPSA) is 124 Å². The minimum atomic E-state index is -4.54. The van der Waals surface area contributed by atoms with Gasteiger partial charge in [-0.15, -0.1) is 0 Å². The molecule has 2 bridgehead atoms. The molecule has 0 spiro atoms. The number of hydrogen-bond donors (Lipinski definition) is 1. The number of allylic oxidation sites excluding steroid dienone is 1. The number of ether oxygens (including phenoxy) is 2. The Kier molecular flexibility index (Phi) is 5.49. The lowest BCUT2D eigenvalue weighted by Crippen LogP contribution is -2.70. The second-order valence-electron chi connectivity index (χ2n) is 11.4. The predicted octanol–water partition coefficient (Wildman–Crippen LogP) is 5.12. The van der Waals surface area contributed by atoms with Crippen molar-refractivity contribution in [2.24, 2.45) is 11.3 Å². The highest BCUT2D eigenvalue weighted by molar-refractivity contribution is 5.99. The van der Waals surface area contributed by atoms with Crippen molar-refractivity contribution in [3.63, 3.8) is 0 Å². The van der Waals surface area contributed by atoms with Crippen LogP contribution in [0.1, 0.15) is 58.9 Å². The summed E-state index contributed by atoms with van der Waals surface area (Å²) in [6, 6.07) is 7.94. The van der Waals surface area contributed by atoms with Crippen molar-refractivity contribution in [3.05, 3.63) is 46.2 Å². The zero-order valence-electron chi connectivity index (χ0n) is 22.0. The number of benzene rings is 1. The number of nitrogens with zero attached hydrogens (tertiary/aromatic N) is 5. The maximum Gasteiger partial charge on any atom is 0.395 e. The summed E-state index contributed by atoms with van der Waals surface area (Å²) in [6.45, 7) is 3.96. The number of nitriles is 2. The number of carbonyl (C=O) groups is 1. The van der Waals surface area contributed by atoms with E-state index in [1.165, 1.54) is 13.0 Å². The van der Waals surface area contributed by atoms with Gasteiger partial charge in [-0.05, 0) is 74.9 Å². The first-order valence-electron chi connectivity index (χ1n) is 12.8. The van der Waals surface area contributed by atoms with Crippen LogP contribution in [-0.4, -0.2) is 45.6 Å². The summed E-state index contributed by atoms with van der Waals surface area (Å²) in [5.74, 6) is -1.97. The number of anilines is 1. The van der Waals surface area contributed by atoms with E-state index in [0.29, 0.717) is 25.0 Å². The van der Waals surface area contributed by atoms with E-state index in [4.69, 9.17) is 14.7 Å². The quantitative estimate of drug-likeness (QED) is 0.509. The molecule has 1 N–H and O–H groups in total. The minimum absolute atomic E-state index is 0.00409. The smallest absolute Gasteiger partial charge is 0.395 e. The van der Waals surface area contributed by atoms with Crippen molar-refractivity contribution in [2.75, 3.05) is 18.5 Å². The standard InChI is InChI=1S/C28H25F3N6O3/c1-15-7-17(5-4-6-32)8-16(2)21(15)40-22-19-20(34-24(35-22)36-27-11-26(12-27,13-27)14-33)23(38)37-9-18(28(29,30)31)10-39-25(19,37)3/h4-5,7-8,18H,9-13H2,1-3H3,(H,34,35,36)/b5-4+. The van der Waals surface area contributed by atoms with Crippen LogP contribution in [0.5, 0.6) is 11.6 Å². The van der Waals surface area contributed by atoms with Gasteiger partial charge in [0.2, 0.25) is 11.8 Å². The Morgan fingerprint density at radius 2 is 1.88 bits per heavy atom. The van der Waals surface area contributed by atoms with Gasteiger partial charge in [0.05, 0.1) is 35.6 Å². The van der Waals surface area contributed by atoms with Gasteiger partial charge in [0.25, 0.3) is 5.91 Å². The molecule has 3 heterocycles. The molecule has 1 aromatic carbocycles. The summed E-state index contributed by atoms with van der Waals surface area (Å²) >= 11 is 0. The van der Waals surface area contributed by atoms with Crippen LogP contribution in [0.4, 0.5) is 19.1 Å². The molecule has 3 aliphatic carbocycles. The molecule has 2 aliphatic heterocycles. The first-order chi connectivity index (χ1) is 18.8. The lowest BCUT2D eigenvalue weighted by Gasteiger charge is -2.66. The van der Waals surface area contributed by atoms with Gasteiger partial charge >= 0.3 is 6.18 Å². The third-order valence-corrected chi connectivity index (χ3v) is 8.41. The summed E-state index contributed by atoms with van der Waals surface area (Å²) in [6.07, 6.45) is 0.355. The first kappa shape index (κ1) is 26.1. The highest BCUT2D eigenvalue weighted by Gasteiger charge is 2.69. The monoisotopic (exact) mass is 550 g/mol. The Bertz CT molecular complexity index is 1530. The normalized spacial score (nSPS) is 30.1. The Labute approximate surface area is 228 Å². The molecular formula is C28H25F3N6O3. The van der Waals surface area contributed by atoms with E-state index in [9.17, 15) is 23.2 Å². The molecule has 1 amide bonds. The predicted molar refractivity (Wildman–Crippen MR) is 135 cm³/mol. The van der Waals surface area contributed by atoms with Crippen LogP contribution in [0.3, 0.4) is 0 Å². The molecule has 2 unspecified atom stereocenters. The Balaban J connectivity index is 1.42. The van der Waals surface area contributed by atoms with Gasteiger partial charge in [-0.1, -0.05) is 0 Å². The summed E-state index contributed by atoms with van der Waals surface area (Å²) in [5.41, 5.74) is 0.0646. The molecule has 1 aromatic heterocycles. The maximum absolute atomic E-state index is 13.6. The zero-order chi connectivity index (χ0) is 28.7. The van der Waals surface area contributed by atoms with Crippen LogP contribution < -0.4 is 10.1 Å². The fourth-order valence-corrected chi connectivity index (χ4v) is 6.49. The number of carbonyl (C=O) groups excluding carboxylic acids is 1. The number of alkyl halides is 3. The summed E-state index contributed by atoms with van der Waals surface area (Å²) < 4.78 is 52.8. The number of fused-ring (bicyclic) bond motifs is 3. The molecule has 7 rings (SSSR count). The Hall–Kier alpha value is -4.16. The minimum Gasteiger partial charge on any atom is -0.438 e. The molecule has 2 aromatic rings. The molecule has 206 valence electrons. The van der Waals surface area contributed by atoms with Crippen molar-refractivity contribution in [1.29, 1.82) is 10.5 Å². The van der Waals surface area contributed by atoms with E-state index in [0.717, 1.165) is 21.6 Å². The maximum atomic E-state index is 13.6. The molecule has 12 heteroatoms. The van der Waals surface area contributed by atoms with E-state index in [1.54, 1.807) is 6.08 Å². The molecule has 9 nitrogen and oxygen atoms in total. The third kappa shape index (κ3) is 3.81. The number of nitrogens with one attached hydrogen (secondary N) is 1. The van der Waals surface area contributed by atoms with E-state index in [1.807, 2.05) is 32.0 Å². The van der Waals surface area contributed by atoms with Crippen molar-refractivity contribution in [1.82, 2.24) is 14.9 Å². The van der Waals surface area contributed by atoms with E-state index < -0.39 is 36.9 Å². The SMILES string of the molecule is Cc1cc(/C=C/C#N)cc(C)c1Oc1nc(NC23CC(C#N)(C2)C3)nc2c1C1(C)OCC(C(F)(F)F)CN1C2=O. The molecule has 2 atom stereocenters. The Morgan fingerprint density at radius 1 is 1.20 bits per heavy atom. The van der Waals surface area contributed by atoms with Crippen molar-refractivity contribution in [2.45, 2.75) is 57.5 Å². The van der Waals surface area contributed by atoms with Crippen molar-refractivity contribution < 1.29 is 27.4 Å². The van der Waals surface area contributed by atoms with Crippen molar-refractivity contribution in [3.8, 4) is 23.8 Å². The van der Waals surface area contributed by atoms with Crippen LogP contribution in [-0.2, 0) is 10.5 Å². The summed E-state index contributed by atoms with van der Waals surface area (Å²) in [4.78, 5) is 23.6. The molecule has 40 heavy (non-hydrogen) atoms. The van der Waals surface area contributed by atoms with Crippen molar-refractivity contribution >= 4 is 17.9 Å². The average Bonchev–Trinajstić information content (AvgIpc) is 3.07. The summed E-state index contributed by atoms with van der Waals surface area (Å²) in [7, 11) is 0. The van der Waals surface area contributed by atoms with Crippen LogP contribution in [0.15, 0.2) is 18.2 Å². The molecule has 4 fully saturated rings. The van der Waals surface area contributed by atoms with Crippen LogP contribution in [0, 0.1) is 47.8 Å². The molecule has 5 aliphatic rings. The second-order valence-corrected chi connectivity index (χ2v) is 11.4. The fourth-order valence-electron chi connectivity index (χ4n) is 6.49. The summed E-state index contributed by atoms with van der Waals surface area (Å²) in [5, 5.41) is 21.5. The van der Waals surface area contributed by atoms with Gasteiger partial charge in [-0.25, -0.2) is 4.98 Å².